The third-order valence-electron chi connectivity index (χ3n) is 3.38. The van der Waals surface area contributed by atoms with Crippen LogP contribution >= 0.6 is 23.4 Å². The van der Waals surface area contributed by atoms with E-state index in [4.69, 9.17) is 16.3 Å². The standard InChI is InChI=1S/C17H15ClN2O2S/c1-11-16(23-15-9-7-14(22-2)8-10-15)17(21)20(19-11)13-5-3-12(18)4-6-13/h3-10,19H,1-2H3. The van der Waals surface area contributed by atoms with Gasteiger partial charge < -0.3 is 4.74 Å². The number of halogens is 1. The molecule has 0 bridgehead atoms. The first-order valence-corrected chi connectivity index (χ1v) is 8.17. The number of H-pyrrole nitrogens is 1. The first kappa shape index (κ1) is 15.8. The lowest BCUT2D eigenvalue weighted by molar-refractivity contribution is 0.414. The van der Waals surface area contributed by atoms with Gasteiger partial charge in [0.25, 0.3) is 5.56 Å². The average molecular weight is 347 g/mol. The fourth-order valence-corrected chi connectivity index (χ4v) is 3.20. The highest BCUT2D eigenvalue weighted by Gasteiger charge is 2.13. The van der Waals surface area contributed by atoms with Crippen molar-refractivity contribution in [1.29, 1.82) is 0 Å². The number of hydrogen-bond donors (Lipinski definition) is 1. The molecule has 4 nitrogen and oxygen atoms in total. The van der Waals surface area contributed by atoms with Crippen LogP contribution in [0.15, 0.2) is 63.1 Å². The summed E-state index contributed by atoms with van der Waals surface area (Å²) in [7, 11) is 1.63. The summed E-state index contributed by atoms with van der Waals surface area (Å²) >= 11 is 7.33. The van der Waals surface area contributed by atoms with Crippen LogP contribution in [0.25, 0.3) is 5.69 Å². The van der Waals surface area contributed by atoms with Gasteiger partial charge in [0.15, 0.2) is 0 Å². The van der Waals surface area contributed by atoms with E-state index < -0.39 is 0 Å². The fourth-order valence-electron chi connectivity index (χ4n) is 2.18. The molecule has 2 aromatic carbocycles. The molecule has 1 aromatic heterocycles. The molecule has 6 heteroatoms. The summed E-state index contributed by atoms with van der Waals surface area (Å²) in [6.45, 7) is 1.89. The Kier molecular flexibility index (Phi) is 4.50. The van der Waals surface area contributed by atoms with Gasteiger partial charge in [-0.15, -0.1) is 0 Å². The summed E-state index contributed by atoms with van der Waals surface area (Å²) in [5.74, 6) is 0.790. The molecule has 3 aromatic rings. The van der Waals surface area contributed by atoms with E-state index in [0.29, 0.717) is 9.92 Å². The number of nitrogens with zero attached hydrogens (tertiary/aromatic N) is 1. The lowest BCUT2D eigenvalue weighted by Crippen LogP contribution is -2.15. The number of aromatic nitrogens is 2. The maximum absolute atomic E-state index is 12.7. The van der Waals surface area contributed by atoms with E-state index >= 15 is 0 Å². The van der Waals surface area contributed by atoms with Crippen molar-refractivity contribution in [3.05, 3.63) is 69.6 Å². The van der Waals surface area contributed by atoms with Gasteiger partial charge in [0.05, 0.1) is 17.7 Å². The van der Waals surface area contributed by atoms with E-state index in [9.17, 15) is 4.79 Å². The highest BCUT2D eigenvalue weighted by Crippen LogP contribution is 2.29. The Morgan fingerprint density at radius 1 is 1.09 bits per heavy atom. The van der Waals surface area contributed by atoms with Crippen molar-refractivity contribution in [1.82, 2.24) is 9.78 Å². The third-order valence-corrected chi connectivity index (χ3v) is 4.83. The molecule has 0 aliphatic rings. The summed E-state index contributed by atoms with van der Waals surface area (Å²) in [6, 6.07) is 14.8. The van der Waals surface area contributed by atoms with Crippen LogP contribution in [0.4, 0.5) is 0 Å². The van der Waals surface area contributed by atoms with Crippen LogP contribution in [0.3, 0.4) is 0 Å². The van der Waals surface area contributed by atoms with Crippen LogP contribution in [-0.4, -0.2) is 16.9 Å². The summed E-state index contributed by atoms with van der Waals surface area (Å²) in [5.41, 5.74) is 1.50. The largest absolute Gasteiger partial charge is 0.497 e. The second-order valence-electron chi connectivity index (χ2n) is 4.96. The molecule has 0 aliphatic carbocycles. The number of benzene rings is 2. The third kappa shape index (κ3) is 3.30. The Labute approximate surface area is 143 Å². The van der Waals surface area contributed by atoms with Crippen molar-refractivity contribution >= 4 is 23.4 Å². The monoisotopic (exact) mass is 346 g/mol. The quantitative estimate of drug-likeness (QED) is 0.766. The van der Waals surface area contributed by atoms with E-state index in [0.717, 1.165) is 22.0 Å². The number of rotatable bonds is 4. The summed E-state index contributed by atoms with van der Waals surface area (Å²) in [6.07, 6.45) is 0. The highest BCUT2D eigenvalue weighted by molar-refractivity contribution is 7.99. The van der Waals surface area contributed by atoms with Crippen molar-refractivity contribution in [3.63, 3.8) is 0 Å². The molecule has 0 radical (unpaired) electrons. The Bertz CT molecular complexity index is 867. The van der Waals surface area contributed by atoms with Gasteiger partial charge in [-0.2, -0.15) is 0 Å². The molecular formula is C17H15ClN2O2S. The lowest BCUT2D eigenvalue weighted by Gasteiger charge is -2.02. The molecule has 0 saturated carbocycles. The van der Waals surface area contributed by atoms with Crippen molar-refractivity contribution < 1.29 is 4.74 Å². The number of aryl methyl sites for hydroxylation is 1. The van der Waals surface area contributed by atoms with Crippen LogP contribution in [0.2, 0.25) is 5.02 Å². The average Bonchev–Trinajstić information content (AvgIpc) is 2.84. The predicted molar refractivity (Wildman–Crippen MR) is 93.3 cm³/mol. The molecule has 0 amide bonds. The van der Waals surface area contributed by atoms with Crippen molar-refractivity contribution in [3.8, 4) is 11.4 Å². The van der Waals surface area contributed by atoms with Crippen molar-refractivity contribution in [2.75, 3.05) is 7.11 Å². The van der Waals surface area contributed by atoms with E-state index in [-0.39, 0.29) is 5.56 Å². The first-order chi connectivity index (χ1) is 11.1. The Hall–Kier alpha value is -2.11. The van der Waals surface area contributed by atoms with Crippen LogP contribution < -0.4 is 10.3 Å². The molecule has 0 unspecified atom stereocenters. The lowest BCUT2D eigenvalue weighted by atomic mass is 10.3. The second kappa shape index (κ2) is 6.56. The van der Waals surface area contributed by atoms with Gasteiger partial charge in [-0.1, -0.05) is 23.4 Å². The summed E-state index contributed by atoms with van der Waals surface area (Å²) in [5, 5.41) is 3.74. The molecule has 1 heterocycles. The number of ether oxygens (including phenoxy) is 1. The molecule has 0 atom stereocenters. The van der Waals surface area contributed by atoms with Gasteiger partial charge in [-0.3, -0.25) is 9.89 Å². The summed E-state index contributed by atoms with van der Waals surface area (Å²) < 4.78 is 6.67. The van der Waals surface area contributed by atoms with Gasteiger partial charge in [0, 0.05) is 15.6 Å². The van der Waals surface area contributed by atoms with Crippen LogP contribution in [-0.2, 0) is 0 Å². The maximum Gasteiger partial charge on any atom is 0.285 e. The molecule has 1 N–H and O–H groups in total. The van der Waals surface area contributed by atoms with Crippen LogP contribution in [0, 0.1) is 6.92 Å². The van der Waals surface area contributed by atoms with E-state index in [1.165, 1.54) is 16.4 Å². The Morgan fingerprint density at radius 2 is 1.74 bits per heavy atom. The van der Waals surface area contributed by atoms with Crippen LogP contribution in [0.5, 0.6) is 5.75 Å². The minimum atomic E-state index is -0.0781. The molecule has 23 heavy (non-hydrogen) atoms. The Morgan fingerprint density at radius 3 is 2.35 bits per heavy atom. The second-order valence-corrected chi connectivity index (χ2v) is 6.48. The van der Waals surface area contributed by atoms with E-state index in [1.54, 1.807) is 19.2 Å². The van der Waals surface area contributed by atoms with Gasteiger partial charge in [0.2, 0.25) is 0 Å². The highest BCUT2D eigenvalue weighted by atomic mass is 35.5. The maximum atomic E-state index is 12.7. The number of aromatic amines is 1. The zero-order chi connectivity index (χ0) is 16.4. The molecule has 0 fully saturated rings. The van der Waals surface area contributed by atoms with Gasteiger partial charge in [-0.05, 0) is 55.5 Å². The van der Waals surface area contributed by atoms with Crippen molar-refractivity contribution in [2.45, 2.75) is 16.7 Å². The SMILES string of the molecule is COc1ccc(Sc2c(C)[nH]n(-c3ccc(Cl)cc3)c2=O)cc1. The Balaban J connectivity index is 1.94. The fraction of sp³-hybridized carbons (Fsp3) is 0.118. The topological polar surface area (TPSA) is 47.0 Å². The number of hydrogen-bond acceptors (Lipinski definition) is 3. The zero-order valence-electron chi connectivity index (χ0n) is 12.7. The molecule has 0 saturated heterocycles. The molecule has 3 rings (SSSR count). The number of nitrogens with one attached hydrogen (secondary N) is 1. The molecule has 0 aliphatic heterocycles. The molecule has 118 valence electrons. The van der Waals surface area contributed by atoms with E-state index in [1.807, 2.05) is 43.3 Å². The minimum absolute atomic E-state index is 0.0781. The summed E-state index contributed by atoms with van der Waals surface area (Å²) in [4.78, 5) is 14.3. The molecule has 0 spiro atoms. The normalized spacial score (nSPS) is 10.7. The van der Waals surface area contributed by atoms with Crippen molar-refractivity contribution in [2.24, 2.45) is 0 Å². The smallest absolute Gasteiger partial charge is 0.285 e. The van der Waals surface area contributed by atoms with Crippen LogP contribution in [0.1, 0.15) is 5.69 Å². The zero-order valence-corrected chi connectivity index (χ0v) is 14.2. The predicted octanol–water partition coefficient (Wildman–Crippen LogP) is 4.29. The first-order valence-electron chi connectivity index (χ1n) is 6.98. The van der Waals surface area contributed by atoms with Gasteiger partial charge in [-0.25, -0.2) is 4.68 Å². The van der Waals surface area contributed by atoms with Gasteiger partial charge in [0.1, 0.15) is 5.75 Å². The number of methoxy groups -OCH3 is 1. The molecular weight excluding hydrogens is 332 g/mol. The van der Waals surface area contributed by atoms with E-state index in [2.05, 4.69) is 5.10 Å². The minimum Gasteiger partial charge on any atom is -0.497 e. The van der Waals surface area contributed by atoms with Gasteiger partial charge >= 0.3 is 0 Å².